The van der Waals surface area contributed by atoms with Crippen LogP contribution in [0, 0.1) is 0 Å². The van der Waals surface area contributed by atoms with Crippen molar-refractivity contribution in [1.29, 1.82) is 0 Å². The maximum absolute atomic E-state index is 13.0. The van der Waals surface area contributed by atoms with Gasteiger partial charge in [-0.15, -0.1) is 0 Å². The topological polar surface area (TPSA) is 33.2 Å². The third kappa shape index (κ3) is 3.35. The lowest BCUT2D eigenvalue weighted by Crippen LogP contribution is -2.35. The zero-order valence-electron chi connectivity index (χ0n) is 13.7. The number of rotatable bonds is 5. The van der Waals surface area contributed by atoms with Crippen molar-refractivity contribution in [2.45, 2.75) is 13.0 Å². The highest BCUT2D eigenvalue weighted by molar-refractivity contribution is 5.94. The van der Waals surface area contributed by atoms with Gasteiger partial charge in [0.15, 0.2) is 0 Å². The van der Waals surface area contributed by atoms with E-state index >= 15 is 0 Å². The highest BCUT2D eigenvalue weighted by Crippen LogP contribution is 2.29. The molecule has 0 aliphatic rings. The molecule has 0 fully saturated rings. The van der Waals surface area contributed by atoms with Crippen LogP contribution in [0.1, 0.15) is 34.5 Å². The third-order valence-electron chi connectivity index (χ3n) is 4.05. The predicted molar refractivity (Wildman–Crippen MR) is 95.7 cm³/mol. The Hall–Kier alpha value is -2.94. The summed E-state index contributed by atoms with van der Waals surface area (Å²) < 4.78 is 0. The van der Waals surface area contributed by atoms with Crippen LogP contribution < -0.4 is 0 Å². The quantitative estimate of drug-likeness (QED) is 0.702. The van der Waals surface area contributed by atoms with Crippen LogP contribution in [-0.4, -0.2) is 22.3 Å². The Morgan fingerprint density at radius 1 is 0.917 bits per heavy atom. The van der Waals surface area contributed by atoms with Crippen molar-refractivity contribution in [2.24, 2.45) is 0 Å². The molecule has 0 unspecified atom stereocenters. The molecule has 120 valence electrons. The minimum absolute atomic E-state index is 0.0108. The number of carbonyl (C=O) groups is 1. The summed E-state index contributed by atoms with van der Waals surface area (Å²) in [6.45, 7) is 2.62. The summed E-state index contributed by atoms with van der Waals surface area (Å²) in [6.07, 6.45) is 3.30. The molecule has 0 bridgehead atoms. The molecule has 3 nitrogen and oxygen atoms in total. The average molecular weight is 316 g/mol. The van der Waals surface area contributed by atoms with Gasteiger partial charge >= 0.3 is 0 Å². The summed E-state index contributed by atoms with van der Waals surface area (Å²) in [5, 5.41) is 0. The maximum Gasteiger partial charge on any atom is 0.256 e. The first kappa shape index (κ1) is 15.9. The van der Waals surface area contributed by atoms with Crippen LogP contribution in [0.3, 0.4) is 0 Å². The normalized spacial score (nSPS) is 10.6. The fourth-order valence-electron chi connectivity index (χ4n) is 2.92. The fourth-order valence-corrected chi connectivity index (χ4v) is 2.92. The fraction of sp³-hybridized carbons (Fsp3) is 0.143. The molecular formula is C21H20N2O. The van der Waals surface area contributed by atoms with Gasteiger partial charge in [-0.25, -0.2) is 0 Å². The Kier molecular flexibility index (Phi) is 5.02. The molecule has 0 saturated carbocycles. The van der Waals surface area contributed by atoms with E-state index in [2.05, 4.69) is 29.2 Å². The van der Waals surface area contributed by atoms with E-state index in [-0.39, 0.29) is 11.9 Å². The molecule has 0 saturated heterocycles. The molecule has 0 N–H and O–H groups in total. The number of aromatic nitrogens is 1. The number of hydrogen-bond acceptors (Lipinski definition) is 2. The SMILES string of the molecule is CCN(C(=O)c1cccnc1)C(c1ccccc1)c1ccccc1. The summed E-state index contributed by atoms with van der Waals surface area (Å²) in [5.74, 6) is -0.0108. The number of carbonyl (C=O) groups excluding carboxylic acids is 1. The number of pyridine rings is 1. The highest BCUT2D eigenvalue weighted by Gasteiger charge is 2.26. The summed E-state index contributed by atoms with van der Waals surface area (Å²) >= 11 is 0. The number of amides is 1. The van der Waals surface area contributed by atoms with Crippen LogP contribution in [0.2, 0.25) is 0 Å². The molecule has 0 aliphatic carbocycles. The van der Waals surface area contributed by atoms with E-state index in [1.807, 2.05) is 54.3 Å². The smallest absolute Gasteiger partial charge is 0.256 e. The van der Waals surface area contributed by atoms with Crippen molar-refractivity contribution in [2.75, 3.05) is 6.54 Å². The van der Waals surface area contributed by atoms with Gasteiger partial charge in [-0.05, 0) is 30.2 Å². The van der Waals surface area contributed by atoms with Gasteiger partial charge in [-0.3, -0.25) is 9.78 Å². The molecule has 0 atom stereocenters. The largest absolute Gasteiger partial charge is 0.328 e. The van der Waals surface area contributed by atoms with Crippen LogP contribution in [0.4, 0.5) is 0 Å². The van der Waals surface area contributed by atoms with Crippen molar-refractivity contribution in [1.82, 2.24) is 9.88 Å². The number of nitrogens with zero attached hydrogens (tertiary/aromatic N) is 2. The zero-order chi connectivity index (χ0) is 16.8. The Balaban J connectivity index is 2.05. The summed E-state index contributed by atoms with van der Waals surface area (Å²) in [6, 6.07) is 23.8. The second-order valence-electron chi connectivity index (χ2n) is 5.56. The van der Waals surface area contributed by atoms with Crippen molar-refractivity contribution in [3.63, 3.8) is 0 Å². The van der Waals surface area contributed by atoms with Crippen LogP contribution in [0.25, 0.3) is 0 Å². The predicted octanol–water partition coefficient (Wildman–Crippen LogP) is 4.33. The second kappa shape index (κ2) is 7.55. The van der Waals surface area contributed by atoms with Gasteiger partial charge in [-0.1, -0.05) is 60.7 Å². The maximum atomic E-state index is 13.0. The molecule has 0 spiro atoms. The lowest BCUT2D eigenvalue weighted by molar-refractivity contribution is 0.0716. The van der Waals surface area contributed by atoms with Gasteiger partial charge in [0, 0.05) is 18.9 Å². The van der Waals surface area contributed by atoms with E-state index < -0.39 is 0 Å². The minimum atomic E-state index is -0.120. The van der Waals surface area contributed by atoms with Gasteiger partial charge in [0.25, 0.3) is 5.91 Å². The van der Waals surface area contributed by atoms with E-state index in [0.29, 0.717) is 12.1 Å². The Morgan fingerprint density at radius 2 is 1.50 bits per heavy atom. The van der Waals surface area contributed by atoms with Gasteiger partial charge < -0.3 is 4.90 Å². The first-order chi connectivity index (χ1) is 11.8. The van der Waals surface area contributed by atoms with E-state index in [1.165, 1.54) is 0 Å². The first-order valence-corrected chi connectivity index (χ1v) is 8.12. The van der Waals surface area contributed by atoms with Gasteiger partial charge in [0.05, 0.1) is 11.6 Å². The Morgan fingerprint density at radius 3 is 1.96 bits per heavy atom. The Bertz CT molecular complexity index is 733. The van der Waals surface area contributed by atoms with E-state index in [9.17, 15) is 4.79 Å². The van der Waals surface area contributed by atoms with Crippen LogP contribution >= 0.6 is 0 Å². The first-order valence-electron chi connectivity index (χ1n) is 8.12. The average Bonchev–Trinajstić information content (AvgIpc) is 2.67. The molecule has 3 aromatic rings. The molecule has 2 aromatic carbocycles. The second-order valence-corrected chi connectivity index (χ2v) is 5.56. The molecule has 1 heterocycles. The third-order valence-corrected chi connectivity index (χ3v) is 4.05. The lowest BCUT2D eigenvalue weighted by atomic mass is 9.96. The van der Waals surface area contributed by atoms with Gasteiger partial charge in [-0.2, -0.15) is 0 Å². The summed E-state index contributed by atoms with van der Waals surface area (Å²) in [4.78, 5) is 19.0. The van der Waals surface area contributed by atoms with Crippen molar-refractivity contribution in [3.8, 4) is 0 Å². The van der Waals surface area contributed by atoms with E-state index in [1.54, 1.807) is 18.5 Å². The molecular weight excluding hydrogens is 296 g/mol. The number of benzene rings is 2. The summed E-state index contributed by atoms with van der Waals surface area (Å²) in [7, 11) is 0. The van der Waals surface area contributed by atoms with Crippen LogP contribution in [0.5, 0.6) is 0 Å². The highest BCUT2D eigenvalue weighted by atomic mass is 16.2. The van der Waals surface area contributed by atoms with Gasteiger partial charge in [0.1, 0.15) is 0 Å². The Labute approximate surface area is 142 Å². The van der Waals surface area contributed by atoms with Crippen molar-refractivity contribution in [3.05, 3.63) is 102 Å². The summed E-state index contributed by atoms with van der Waals surface area (Å²) in [5.41, 5.74) is 2.81. The van der Waals surface area contributed by atoms with E-state index in [0.717, 1.165) is 11.1 Å². The van der Waals surface area contributed by atoms with Crippen molar-refractivity contribution < 1.29 is 4.79 Å². The molecule has 3 heteroatoms. The monoisotopic (exact) mass is 316 g/mol. The molecule has 3 rings (SSSR count). The lowest BCUT2D eigenvalue weighted by Gasteiger charge is -2.32. The van der Waals surface area contributed by atoms with Gasteiger partial charge in [0.2, 0.25) is 0 Å². The van der Waals surface area contributed by atoms with Crippen LogP contribution in [0.15, 0.2) is 85.2 Å². The molecule has 0 aliphatic heterocycles. The number of hydrogen-bond donors (Lipinski definition) is 0. The standard InChI is InChI=1S/C21H20N2O/c1-2-23(21(24)19-14-9-15-22-16-19)20(17-10-5-3-6-11-17)18-12-7-4-8-13-18/h3-16,20H,2H2,1H3. The molecule has 1 amide bonds. The van der Waals surface area contributed by atoms with E-state index in [4.69, 9.17) is 0 Å². The zero-order valence-corrected chi connectivity index (χ0v) is 13.7. The molecule has 0 radical (unpaired) electrons. The van der Waals surface area contributed by atoms with Crippen molar-refractivity contribution >= 4 is 5.91 Å². The molecule has 24 heavy (non-hydrogen) atoms. The molecule has 1 aromatic heterocycles. The minimum Gasteiger partial charge on any atom is -0.328 e. The van der Waals surface area contributed by atoms with Crippen LogP contribution in [-0.2, 0) is 0 Å².